The maximum absolute atomic E-state index is 12.4. The Kier molecular flexibility index (Phi) is 5.73. The summed E-state index contributed by atoms with van der Waals surface area (Å²) in [5.41, 5.74) is 10.1. The van der Waals surface area contributed by atoms with Crippen molar-refractivity contribution >= 4 is 12.1 Å². The van der Waals surface area contributed by atoms with Gasteiger partial charge < -0.3 is 4.57 Å². The second kappa shape index (κ2) is 9.13. The quantitative estimate of drug-likeness (QED) is 0.220. The minimum absolute atomic E-state index is 0.0166. The van der Waals surface area contributed by atoms with Crippen LogP contribution in [0.4, 0.5) is 0 Å². The van der Waals surface area contributed by atoms with E-state index in [1.807, 2.05) is 54.6 Å². The third kappa shape index (κ3) is 4.28. The first kappa shape index (κ1) is 20.7. The van der Waals surface area contributed by atoms with Crippen LogP contribution < -0.4 is 5.43 Å². The highest BCUT2D eigenvalue weighted by Gasteiger charge is 2.28. The molecule has 1 amide bonds. The van der Waals surface area contributed by atoms with Crippen molar-refractivity contribution in [2.75, 3.05) is 0 Å². The smallest absolute Gasteiger partial charge is 0.243 e. The van der Waals surface area contributed by atoms with Gasteiger partial charge in [0.25, 0.3) is 0 Å². The molecule has 0 aliphatic heterocycles. The number of rotatable bonds is 6. The average molecular weight is 432 g/mol. The van der Waals surface area contributed by atoms with E-state index in [0.29, 0.717) is 0 Å². The van der Waals surface area contributed by atoms with Crippen LogP contribution in [0.1, 0.15) is 18.4 Å². The van der Waals surface area contributed by atoms with Crippen LogP contribution in [-0.4, -0.2) is 16.7 Å². The minimum Gasteiger partial charge on any atom is -0.309 e. The van der Waals surface area contributed by atoms with Crippen LogP contribution in [0, 0.1) is 5.92 Å². The molecule has 33 heavy (non-hydrogen) atoms. The zero-order valence-corrected chi connectivity index (χ0v) is 18.3. The van der Waals surface area contributed by atoms with E-state index in [1.54, 1.807) is 6.21 Å². The first-order valence-corrected chi connectivity index (χ1v) is 11.1. The van der Waals surface area contributed by atoms with E-state index in [9.17, 15) is 4.79 Å². The van der Waals surface area contributed by atoms with Crippen molar-refractivity contribution in [2.45, 2.75) is 12.8 Å². The second-order valence-corrected chi connectivity index (χ2v) is 8.33. The third-order valence-electron chi connectivity index (χ3n) is 5.98. The summed E-state index contributed by atoms with van der Waals surface area (Å²) in [7, 11) is 0. The van der Waals surface area contributed by atoms with Crippen molar-refractivity contribution in [2.24, 2.45) is 11.0 Å². The molecule has 3 aromatic carbocycles. The Balaban J connectivity index is 1.62. The summed E-state index contributed by atoms with van der Waals surface area (Å²) in [5, 5.41) is 4.33. The number of aromatic nitrogens is 1. The molecule has 4 nitrogen and oxygen atoms in total. The molecule has 1 aliphatic carbocycles. The highest BCUT2D eigenvalue weighted by Crippen LogP contribution is 2.35. The van der Waals surface area contributed by atoms with Gasteiger partial charge >= 0.3 is 0 Å². The zero-order valence-electron chi connectivity index (χ0n) is 18.3. The van der Waals surface area contributed by atoms with E-state index in [0.717, 1.165) is 52.2 Å². The number of hydrazone groups is 1. The molecule has 0 bridgehead atoms. The summed E-state index contributed by atoms with van der Waals surface area (Å²) in [4.78, 5) is 12.4. The van der Waals surface area contributed by atoms with Crippen molar-refractivity contribution < 1.29 is 4.79 Å². The Bertz CT molecular complexity index is 1300. The standard InChI is InChI=1S/C29H25N3O/c1-21-17-24(18-21)29(33)31-30-20-25-19-27(22-11-5-2-6-12-22)32(26-15-9-4-10-16-26)28(25)23-13-7-3-8-14-23/h2-16,19-20,24H,1,17-18H2,(H,31,33)/b30-20+. The summed E-state index contributed by atoms with van der Waals surface area (Å²) in [6.45, 7) is 3.91. The van der Waals surface area contributed by atoms with Crippen LogP contribution in [0.3, 0.4) is 0 Å². The highest BCUT2D eigenvalue weighted by molar-refractivity contribution is 5.94. The molecule has 0 saturated heterocycles. The predicted octanol–water partition coefficient (Wildman–Crippen LogP) is 6.23. The second-order valence-electron chi connectivity index (χ2n) is 8.33. The van der Waals surface area contributed by atoms with Crippen LogP contribution in [0.15, 0.2) is 114 Å². The molecule has 1 saturated carbocycles. The number of hydrogen-bond donors (Lipinski definition) is 1. The molecule has 4 heteroatoms. The Morgan fingerprint density at radius 3 is 2.06 bits per heavy atom. The first-order chi connectivity index (χ1) is 16.2. The number of carbonyl (C=O) groups excluding carboxylic acids is 1. The molecule has 1 aliphatic rings. The minimum atomic E-state index is -0.0503. The van der Waals surface area contributed by atoms with Gasteiger partial charge in [0.1, 0.15) is 0 Å². The monoisotopic (exact) mass is 431 g/mol. The van der Waals surface area contributed by atoms with Crippen molar-refractivity contribution in [3.63, 3.8) is 0 Å². The number of nitrogens with zero attached hydrogens (tertiary/aromatic N) is 2. The lowest BCUT2D eigenvalue weighted by atomic mass is 9.81. The molecule has 1 heterocycles. The Hall–Kier alpha value is -4.18. The SMILES string of the molecule is C=C1CC(C(=O)N/N=C/c2cc(-c3ccccc3)n(-c3ccccc3)c2-c2ccccc2)C1. The molecule has 1 aromatic heterocycles. The van der Waals surface area contributed by atoms with Gasteiger partial charge in [-0.15, -0.1) is 0 Å². The van der Waals surface area contributed by atoms with E-state index in [1.165, 1.54) is 0 Å². The van der Waals surface area contributed by atoms with Gasteiger partial charge in [-0.05, 0) is 42.2 Å². The maximum atomic E-state index is 12.4. The van der Waals surface area contributed by atoms with Gasteiger partial charge in [0, 0.05) is 17.2 Å². The van der Waals surface area contributed by atoms with Gasteiger partial charge in [0.2, 0.25) is 5.91 Å². The number of allylic oxidation sites excluding steroid dienone is 1. The van der Waals surface area contributed by atoms with E-state index < -0.39 is 0 Å². The molecular formula is C29H25N3O. The van der Waals surface area contributed by atoms with Crippen molar-refractivity contribution in [1.82, 2.24) is 9.99 Å². The van der Waals surface area contributed by atoms with Crippen molar-refractivity contribution in [3.8, 4) is 28.2 Å². The van der Waals surface area contributed by atoms with E-state index >= 15 is 0 Å². The maximum Gasteiger partial charge on any atom is 0.243 e. The zero-order chi connectivity index (χ0) is 22.6. The number of para-hydroxylation sites is 1. The molecular weight excluding hydrogens is 406 g/mol. The van der Waals surface area contributed by atoms with E-state index in [2.05, 4.69) is 64.1 Å². The normalized spacial score (nSPS) is 13.8. The van der Waals surface area contributed by atoms with Crippen molar-refractivity contribution in [3.05, 3.63) is 115 Å². The summed E-state index contributed by atoms with van der Waals surface area (Å²) in [6.07, 6.45) is 3.25. The summed E-state index contributed by atoms with van der Waals surface area (Å²) < 4.78 is 2.25. The van der Waals surface area contributed by atoms with Crippen LogP contribution in [0.5, 0.6) is 0 Å². The van der Waals surface area contributed by atoms with Crippen molar-refractivity contribution in [1.29, 1.82) is 0 Å². The Labute approximate surface area is 193 Å². The van der Waals surface area contributed by atoms with Crippen LogP contribution in [0.25, 0.3) is 28.2 Å². The van der Waals surface area contributed by atoms with Gasteiger partial charge in [-0.25, -0.2) is 5.43 Å². The molecule has 0 spiro atoms. The van der Waals surface area contributed by atoms with Gasteiger partial charge in [-0.1, -0.05) is 91.0 Å². The van der Waals surface area contributed by atoms with Gasteiger partial charge in [-0.2, -0.15) is 5.10 Å². The Morgan fingerprint density at radius 2 is 1.45 bits per heavy atom. The topological polar surface area (TPSA) is 46.4 Å². The Morgan fingerprint density at radius 1 is 0.879 bits per heavy atom. The number of hydrogen-bond acceptors (Lipinski definition) is 2. The lowest BCUT2D eigenvalue weighted by molar-refractivity contribution is -0.126. The largest absolute Gasteiger partial charge is 0.309 e. The third-order valence-corrected chi connectivity index (χ3v) is 5.98. The molecule has 0 atom stereocenters. The van der Waals surface area contributed by atoms with Gasteiger partial charge in [0.15, 0.2) is 0 Å². The fourth-order valence-electron chi connectivity index (χ4n) is 4.27. The average Bonchev–Trinajstić information content (AvgIpc) is 3.23. The molecule has 4 aromatic rings. The number of benzene rings is 3. The molecule has 162 valence electrons. The molecule has 5 rings (SSSR count). The first-order valence-electron chi connectivity index (χ1n) is 11.1. The molecule has 1 N–H and O–H groups in total. The number of nitrogens with one attached hydrogen (secondary N) is 1. The molecule has 0 unspecified atom stereocenters. The lowest BCUT2D eigenvalue weighted by Gasteiger charge is -2.25. The van der Waals surface area contributed by atoms with Gasteiger partial charge in [-0.3, -0.25) is 4.79 Å². The summed E-state index contributed by atoms with van der Waals surface area (Å²) in [5.74, 6) is -0.0669. The lowest BCUT2D eigenvalue weighted by Crippen LogP contribution is -2.32. The van der Waals surface area contributed by atoms with Crippen LogP contribution in [0.2, 0.25) is 0 Å². The number of carbonyl (C=O) groups is 1. The van der Waals surface area contributed by atoms with E-state index in [4.69, 9.17) is 0 Å². The summed E-state index contributed by atoms with van der Waals surface area (Å²) >= 11 is 0. The van der Waals surface area contributed by atoms with E-state index in [-0.39, 0.29) is 11.8 Å². The predicted molar refractivity (Wildman–Crippen MR) is 134 cm³/mol. The fraction of sp³-hybridized carbons (Fsp3) is 0.103. The number of amides is 1. The summed E-state index contributed by atoms with van der Waals surface area (Å²) in [6, 6.07) is 33.0. The molecule has 1 fully saturated rings. The van der Waals surface area contributed by atoms with Crippen LogP contribution >= 0.6 is 0 Å². The van der Waals surface area contributed by atoms with Gasteiger partial charge in [0.05, 0.1) is 17.6 Å². The fourth-order valence-corrected chi connectivity index (χ4v) is 4.27. The molecule has 0 radical (unpaired) electrons. The van der Waals surface area contributed by atoms with Crippen LogP contribution in [-0.2, 0) is 4.79 Å². The highest BCUT2D eigenvalue weighted by atomic mass is 16.2.